The van der Waals surface area contributed by atoms with Crippen LogP contribution in [0.5, 0.6) is 0 Å². The minimum Gasteiger partial charge on any atom is -0.456 e. The third-order valence-electron chi connectivity index (χ3n) is 10.2. The summed E-state index contributed by atoms with van der Waals surface area (Å²) in [6, 6.07) is 55.0. The molecule has 0 saturated carbocycles. The first-order valence-corrected chi connectivity index (χ1v) is 18.1. The van der Waals surface area contributed by atoms with E-state index in [1.54, 1.807) is 0 Å². The molecular formula is C49H33N3O. The van der Waals surface area contributed by atoms with Gasteiger partial charge in [-0.3, -0.25) is 0 Å². The van der Waals surface area contributed by atoms with Gasteiger partial charge in [0.1, 0.15) is 11.2 Å². The van der Waals surface area contributed by atoms with Crippen molar-refractivity contribution in [1.82, 2.24) is 15.0 Å². The van der Waals surface area contributed by atoms with Crippen LogP contribution in [0.3, 0.4) is 0 Å². The minimum atomic E-state index is 0.603. The Bertz CT molecular complexity index is 2870. The smallest absolute Gasteiger partial charge is 0.164 e. The zero-order chi connectivity index (χ0) is 35.1. The van der Waals surface area contributed by atoms with Gasteiger partial charge in [-0.1, -0.05) is 152 Å². The molecule has 2 heterocycles. The molecule has 1 aliphatic carbocycles. The summed E-state index contributed by atoms with van der Waals surface area (Å²) in [6.45, 7) is 0. The SMILES string of the molecule is C1=CC(c2ccc(-c3ccc(-c4nc(-c5ccccc5)nc(-c5cccc6oc7cc(-c8ccc9ccccc9c8)ccc7c56)n4)cc3)cc2)=CCC1. The fourth-order valence-corrected chi connectivity index (χ4v) is 7.40. The first-order chi connectivity index (χ1) is 26.2. The Labute approximate surface area is 307 Å². The van der Waals surface area contributed by atoms with Gasteiger partial charge in [-0.05, 0) is 81.3 Å². The molecule has 4 heteroatoms. The van der Waals surface area contributed by atoms with Gasteiger partial charge in [0, 0.05) is 27.5 Å². The summed E-state index contributed by atoms with van der Waals surface area (Å²) < 4.78 is 6.51. The Morgan fingerprint density at radius 1 is 0.415 bits per heavy atom. The molecule has 250 valence electrons. The second-order valence-corrected chi connectivity index (χ2v) is 13.5. The van der Waals surface area contributed by atoms with Crippen LogP contribution in [0.25, 0.3) is 94.7 Å². The lowest BCUT2D eigenvalue weighted by Crippen LogP contribution is -2.00. The van der Waals surface area contributed by atoms with Gasteiger partial charge < -0.3 is 4.42 Å². The van der Waals surface area contributed by atoms with Gasteiger partial charge in [0.05, 0.1) is 0 Å². The molecule has 4 nitrogen and oxygen atoms in total. The quantitative estimate of drug-likeness (QED) is 0.175. The second kappa shape index (κ2) is 13.0. The molecule has 0 atom stereocenters. The van der Waals surface area contributed by atoms with Crippen LogP contribution in [-0.2, 0) is 0 Å². The summed E-state index contributed by atoms with van der Waals surface area (Å²) >= 11 is 0. The highest BCUT2D eigenvalue weighted by atomic mass is 16.3. The Kier molecular flexibility index (Phi) is 7.58. The van der Waals surface area contributed by atoms with E-state index in [4.69, 9.17) is 19.4 Å². The van der Waals surface area contributed by atoms with Crippen molar-refractivity contribution in [3.8, 4) is 56.4 Å². The molecule has 53 heavy (non-hydrogen) atoms. The van der Waals surface area contributed by atoms with E-state index >= 15 is 0 Å². The predicted octanol–water partition coefficient (Wildman–Crippen LogP) is 13.0. The highest BCUT2D eigenvalue weighted by Crippen LogP contribution is 2.39. The molecule has 0 spiro atoms. The van der Waals surface area contributed by atoms with Gasteiger partial charge in [-0.2, -0.15) is 0 Å². The lowest BCUT2D eigenvalue weighted by molar-refractivity contribution is 0.669. The maximum Gasteiger partial charge on any atom is 0.164 e. The lowest BCUT2D eigenvalue weighted by atomic mass is 9.96. The third-order valence-corrected chi connectivity index (χ3v) is 10.2. The molecule has 2 aromatic heterocycles. The number of aromatic nitrogens is 3. The highest BCUT2D eigenvalue weighted by Gasteiger charge is 2.18. The molecule has 7 aromatic carbocycles. The first-order valence-electron chi connectivity index (χ1n) is 18.1. The monoisotopic (exact) mass is 679 g/mol. The van der Waals surface area contributed by atoms with Gasteiger partial charge >= 0.3 is 0 Å². The van der Waals surface area contributed by atoms with Crippen molar-refractivity contribution in [2.75, 3.05) is 0 Å². The molecule has 1 aliphatic rings. The number of hydrogen-bond acceptors (Lipinski definition) is 4. The summed E-state index contributed by atoms with van der Waals surface area (Å²) in [5, 5.41) is 4.45. The van der Waals surface area contributed by atoms with Crippen molar-refractivity contribution in [2.24, 2.45) is 0 Å². The summed E-state index contributed by atoms with van der Waals surface area (Å²) in [6.07, 6.45) is 9.00. The van der Waals surface area contributed by atoms with Crippen LogP contribution in [-0.4, -0.2) is 15.0 Å². The summed E-state index contributed by atoms with van der Waals surface area (Å²) in [7, 11) is 0. The van der Waals surface area contributed by atoms with E-state index in [2.05, 4.69) is 133 Å². The van der Waals surface area contributed by atoms with Crippen LogP contribution in [0.4, 0.5) is 0 Å². The zero-order valence-corrected chi connectivity index (χ0v) is 28.9. The molecular weight excluding hydrogens is 647 g/mol. The van der Waals surface area contributed by atoms with E-state index in [1.165, 1.54) is 27.5 Å². The predicted molar refractivity (Wildman–Crippen MR) is 218 cm³/mol. The Morgan fingerprint density at radius 3 is 1.79 bits per heavy atom. The van der Waals surface area contributed by atoms with Gasteiger partial charge in [0.2, 0.25) is 0 Å². The molecule has 0 unspecified atom stereocenters. The molecule has 0 fully saturated rings. The van der Waals surface area contributed by atoms with E-state index < -0.39 is 0 Å². The molecule has 0 amide bonds. The fourth-order valence-electron chi connectivity index (χ4n) is 7.40. The summed E-state index contributed by atoms with van der Waals surface area (Å²) in [5.41, 5.74) is 11.5. The van der Waals surface area contributed by atoms with Crippen LogP contribution in [0.1, 0.15) is 18.4 Å². The molecule has 0 aliphatic heterocycles. The van der Waals surface area contributed by atoms with Crippen LogP contribution >= 0.6 is 0 Å². The maximum atomic E-state index is 6.51. The van der Waals surface area contributed by atoms with E-state index in [0.717, 1.165) is 68.2 Å². The van der Waals surface area contributed by atoms with Crippen molar-refractivity contribution < 1.29 is 4.42 Å². The number of benzene rings is 7. The van der Waals surface area contributed by atoms with Crippen LogP contribution in [0, 0.1) is 0 Å². The largest absolute Gasteiger partial charge is 0.456 e. The first kappa shape index (κ1) is 30.9. The number of rotatable bonds is 6. The van der Waals surface area contributed by atoms with Crippen molar-refractivity contribution in [3.05, 3.63) is 182 Å². The molecule has 0 radical (unpaired) electrons. The highest BCUT2D eigenvalue weighted by molar-refractivity contribution is 6.12. The number of fused-ring (bicyclic) bond motifs is 4. The van der Waals surface area contributed by atoms with E-state index in [0.29, 0.717) is 17.5 Å². The zero-order valence-electron chi connectivity index (χ0n) is 28.9. The normalized spacial score (nSPS) is 12.8. The maximum absolute atomic E-state index is 6.51. The summed E-state index contributed by atoms with van der Waals surface area (Å²) in [4.78, 5) is 15.2. The average Bonchev–Trinajstić information content (AvgIpc) is 3.62. The van der Waals surface area contributed by atoms with E-state index in [-0.39, 0.29) is 0 Å². The molecule has 10 rings (SSSR count). The van der Waals surface area contributed by atoms with Crippen molar-refractivity contribution in [1.29, 1.82) is 0 Å². The minimum absolute atomic E-state index is 0.603. The molecule has 9 aromatic rings. The molecule has 0 bridgehead atoms. The van der Waals surface area contributed by atoms with Gasteiger partial charge in [0.25, 0.3) is 0 Å². The van der Waals surface area contributed by atoms with Gasteiger partial charge in [-0.15, -0.1) is 0 Å². The van der Waals surface area contributed by atoms with Gasteiger partial charge in [0.15, 0.2) is 17.5 Å². The lowest BCUT2D eigenvalue weighted by Gasteiger charge is -2.10. The number of furan rings is 1. The number of nitrogens with zero attached hydrogens (tertiary/aromatic N) is 3. The Morgan fingerprint density at radius 2 is 1.04 bits per heavy atom. The van der Waals surface area contributed by atoms with E-state index in [1.807, 2.05) is 42.5 Å². The van der Waals surface area contributed by atoms with Crippen molar-refractivity contribution in [3.63, 3.8) is 0 Å². The summed E-state index contributed by atoms with van der Waals surface area (Å²) in [5.74, 6) is 1.85. The van der Waals surface area contributed by atoms with E-state index in [9.17, 15) is 0 Å². The number of allylic oxidation sites excluding steroid dienone is 4. The Balaban J connectivity index is 1.05. The van der Waals surface area contributed by atoms with Crippen LogP contribution in [0.2, 0.25) is 0 Å². The van der Waals surface area contributed by atoms with Crippen LogP contribution < -0.4 is 0 Å². The van der Waals surface area contributed by atoms with Crippen LogP contribution in [0.15, 0.2) is 180 Å². The topological polar surface area (TPSA) is 51.8 Å². The standard InChI is InChI=1S/C49H33N3O/c1-3-10-32(11-4-1)34-18-20-35(21-19-34)36-22-25-38(26-23-36)48-50-47(37-13-5-2-6-14-37)51-49(52-48)43-16-9-17-44-46(43)42-29-28-41(31-45(42)53-44)40-27-24-33-12-7-8-15-39(33)30-40/h2-3,5-31H,1,4H2. The number of hydrogen-bond donors (Lipinski definition) is 0. The average molecular weight is 680 g/mol. The van der Waals surface area contributed by atoms with Crippen molar-refractivity contribution in [2.45, 2.75) is 12.8 Å². The third kappa shape index (κ3) is 5.81. The van der Waals surface area contributed by atoms with Gasteiger partial charge in [-0.25, -0.2) is 15.0 Å². The molecule has 0 N–H and O–H groups in total. The van der Waals surface area contributed by atoms with Crippen molar-refractivity contribution >= 4 is 38.3 Å². The Hall–Kier alpha value is -6.91. The second-order valence-electron chi connectivity index (χ2n) is 13.5. The molecule has 0 saturated heterocycles. The fraction of sp³-hybridized carbons (Fsp3) is 0.0408.